The molecule has 0 fully saturated rings. The van der Waals surface area contributed by atoms with Crippen molar-refractivity contribution in [2.24, 2.45) is 0 Å². The van der Waals surface area contributed by atoms with Gasteiger partial charge in [0.1, 0.15) is 0 Å². The van der Waals surface area contributed by atoms with Crippen LogP contribution in [0.4, 0.5) is 0 Å². The van der Waals surface area contributed by atoms with Crippen LogP contribution >= 0.6 is 11.8 Å². The number of thioether (sulfide) groups is 1. The number of rotatable bonds is 5. The lowest BCUT2D eigenvalue weighted by molar-refractivity contribution is -0.367. The Hall–Kier alpha value is -1.33. The summed E-state index contributed by atoms with van der Waals surface area (Å²) >= 11 is 1.57. The Bertz CT molecular complexity index is 484. The van der Waals surface area contributed by atoms with Crippen molar-refractivity contribution in [3.63, 3.8) is 0 Å². The monoisotopic (exact) mass is 250 g/mol. The van der Waals surface area contributed by atoms with Crippen molar-refractivity contribution in [2.75, 3.05) is 6.54 Å². The Morgan fingerprint density at radius 2 is 2.24 bits per heavy atom. The Labute approximate surface area is 105 Å². The lowest BCUT2D eigenvalue weighted by atomic mass is 10.2. The third-order valence-electron chi connectivity index (χ3n) is 2.28. The van der Waals surface area contributed by atoms with E-state index in [4.69, 9.17) is 4.42 Å². The SMILES string of the molecule is Cc1cccc(CSc2nnc(CC[NH3+])o2)c1. The van der Waals surface area contributed by atoms with Crippen LogP contribution in [0.25, 0.3) is 0 Å². The highest BCUT2D eigenvalue weighted by molar-refractivity contribution is 7.98. The van der Waals surface area contributed by atoms with Gasteiger partial charge in [0.15, 0.2) is 0 Å². The van der Waals surface area contributed by atoms with Gasteiger partial charge in [-0.25, -0.2) is 0 Å². The van der Waals surface area contributed by atoms with E-state index in [1.54, 1.807) is 11.8 Å². The van der Waals surface area contributed by atoms with Crippen LogP contribution in [-0.4, -0.2) is 16.7 Å². The molecule has 2 rings (SSSR count). The highest BCUT2D eigenvalue weighted by atomic mass is 32.2. The van der Waals surface area contributed by atoms with Gasteiger partial charge in [-0.1, -0.05) is 41.6 Å². The molecule has 1 aromatic heterocycles. The van der Waals surface area contributed by atoms with E-state index in [1.165, 1.54) is 11.1 Å². The van der Waals surface area contributed by atoms with E-state index in [0.717, 1.165) is 18.7 Å². The standard InChI is InChI=1S/C12H15N3OS/c1-9-3-2-4-10(7-9)8-17-12-15-14-11(16-12)5-6-13/h2-4,7H,5-6,8,13H2,1H3/p+1. The van der Waals surface area contributed by atoms with Crippen LogP contribution in [0.15, 0.2) is 33.9 Å². The number of aryl methyl sites for hydroxylation is 1. The van der Waals surface area contributed by atoms with Crippen LogP contribution in [0, 0.1) is 6.92 Å². The molecule has 0 saturated heterocycles. The zero-order chi connectivity index (χ0) is 12.1. The molecule has 0 bridgehead atoms. The van der Waals surface area contributed by atoms with Crippen molar-refractivity contribution in [1.29, 1.82) is 0 Å². The number of hydrogen-bond acceptors (Lipinski definition) is 4. The molecule has 2 aromatic rings. The summed E-state index contributed by atoms with van der Waals surface area (Å²) in [6.07, 6.45) is 0.748. The van der Waals surface area contributed by atoms with Crippen LogP contribution in [0.1, 0.15) is 17.0 Å². The second kappa shape index (κ2) is 5.84. The normalized spacial score (nSPS) is 10.7. The topological polar surface area (TPSA) is 66.6 Å². The molecule has 1 aromatic carbocycles. The first-order valence-corrected chi connectivity index (χ1v) is 6.56. The Kier molecular flexibility index (Phi) is 4.17. The summed E-state index contributed by atoms with van der Waals surface area (Å²) in [7, 11) is 0. The molecule has 0 atom stereocenters. The van der Waals surface area contributed by atoms with Crippen molar-refractivity contribution in [1.82, 2.24) is 10.2 Å². The van der Waals surface area contributed by atoms with Crippen LogP contribution in [-0.2, 0) is 12.2 Å². The highest BCUT2D eigenvalue weighted by Gasteiger charge is 2.06. The molecule has 4 nitrogen and oxygen atoms in total. The summed E-state index contributed by atoms with van der Waals surface area (Å²) in [6.45, 7) is 2.87. The van der Waals surface area contributed by atoms with Crippen molar-refractivity contribution in [3.8, 4) is 0 Å². The average molecular weight is 250 g/mol. The summed E-state index contributed by atoms with van der Waals surface area (Å²) in [5.74, 6) is 1.53. The van der Waals surface area contributed by atoms with Gasteiger partial charge in [0.2, 0.25) is 5.89 Å². The molecule has 0 aliphatic heterocycles. The van der Waals surface area contributed by atoms with E-state index in [0.29, 0.717) is 11.1 Å². The van der Waals surface area contributed by atoms with Crippen LogP contribution in [0.2, 0.25) is 0 Å². The molecule has 0 radical (unpaired) electrons. The molecular formula is C12H16N3OS+. The molecule has 3 N–H and O–H groups in total. The van der Waals surface area contributed by atoms with E-state index in [1.807, 2.05) is 0 Å². The molecule has 5 heteroatoms. The fraction of sp³-hybridized carbons (Fsp3) is 0.333. The molecule has 0 amide bonds. The van der Waals surface area contributed by atoms with Crippen LogP contribution in [0.3, 0.4) is 0 Å². The van der Waals surface area contributed by atoms with Gasteiger partial charge >= 0.3 is 0 Å². The van der Waals surface area contributed by atoms with Crippen molar-refractivity contribution in [3.05, 3.63) is 41.3 Å². The predicted octanol–water partition coefficient (Wildman–Crippen LogP) is 1.45. The second-order valence-electron chi connectivity index (χ2n) is 3.84. The minimum absolute atomic E-state index is 0.634. The fourth-order valence-corrected chi connectivity index (χ4v) is 2.22. The first-order chi connectivity index (χ1) is 8.28. The minimum Gasteiger partial charge on any atom is -0.416 e. The van der Waals surface area contributed by atoms with Gasteiger partial charge in [-0.3, -0.25) is 0 Å². The first-order valence-electron chi connectivity index (χ1n) is 5.58. The summed E-state index contributed by atoms with van der Waals surface area (Å²) in [6, 6.07) is 8.42. The van der Waals surface area contributed by atoms with Gasteiger partial charge in [-0.15, -0.1) is 10.2 Å². The Balaban J connectivity index is 1.93. The molecule has 90 valence electrons. The minimum atomic E-state index is 0.634. The first kappa shape index (κ1) is 12.1. The highest BCUT2D eigenvalue weighted by Crippen LogP contribution is 2.21. The van der Waals surface area contributed by atoms with Crippen molar-refractivity contribution < 1.29 is 10.2 Å². The third-order valence-corrected chi connectivity index (χ3v) is 3.17. The average Bonchev–Trinajstić information content (AvgIpc) is 2.75. The lowest BCUT2D eigenvalue weighted by Crippen LogP contribution is -2.51. The smallest absolute Gasteiger partial charge is 0.276 e. The fourth-order valence-electron chi connectivity index (χ4n) is 1.50. The van der Waals surface area contributed by atoms with Crippen LogP contribution in [0.5, 0.6) is 0 Å². The van der Waals surface area contributed by atoms with Gasteiger partial charge in [0, 0.05) is 5.75 Å². The van der Waals surface area contributed by atoms with Crippen molar-refractivity contribution in [2.45, 2.75) is 24.3 Å². The van der Waals surface area contributed by atoms with Crippen LogP contribution < -0.4 is 5.73 Å². The zero-order valence-electron chi connectivity index (χ0n) is 9.85. The molecule has 0 aliphatic rings. The largest absolute Gasteiger partial charge is 0.416 e. The molecule has 0 aliphatic carbocycles. The Morgan fingerprint density at radius 3 is 3.00 bits per heavy atom. The molecule has 1 heterocycles. The molecular weight excluding hydrogens is 234 g/mol. The number of hydrogen-bond donors (Lipinski definition) is 1. The maximum Gasteiger partial charge on any atom is 0.276 e. The van der Waals surface area contributed by atoms with Gasteiger partial charge in [-0.05, 0) is 12.5 Å². The number of benzene rings is 1. The Morgan fingerprint density at radius 1 is 1.35 bits per heavy atom. The quantitative estimate of drug-likeness (QED) is 0.816. The molecule has 0 unspecified atom stereocenters. The van der Waals surface area contributed by atoms with Gasteiger partial charge < -0.3 is 10.2 Å². The molecule has 17 heavy (non-hydrogen) atoms. The molecule has 0 spiro atoms. The van der Waals surface area contributed by atoms with E-state index < -0.39 is 0 Å². The summed E-state index contributed by atoms with van der Waals surface area (Å²) in [5.41, 5.74) is 6.30. The van der Waals surface area contributed by atoms with Gasteiger partial charge in [-0.2, -0.15) is 0 Å². The van der Waals surface area contributed by atoms with Gasteiger partial charge in [0.05, 0.1) is 13.0 Å². The summed E-state index contributed by atoms with van der Waals surface area (Å²) < 4.78 is 5.48. The maximum absolute atomic E-state index is 5.48. The molecule has 0 saturated carbocycles. The number of aromatic nitrogens is 2. The van der Waals surface area contributed by atoms with E-state index in [9.17, 15) is 0 Å². The van der Waals surface area contributed by atoms with E-state index >= 15 is 0 Å². The number of quaternary nitrogens is 1. The zero-order valence-corrected chi connectivity index (χ0v) is 10.7. The van der Waals surface area contributed by atoms with Crippen molar-refractivity contribution >= 4 is 11.8 Å². The third kappa shape index (κ3) is 3.57. The second-order valence-corrected chi connectivity index (χ2v) is 4.77. The summed E-state index contributed by atoms with van der Waals surface area (Å²) in [4.78, 5) is 0. The maximum atomic E-state index is 5.48. The van der Waals surface area contributed by atoms with E-state index in [2.05, 4.69) is 47.1 Å². The van der Waals surface area contributed by atoms with E-state index in [-0.39, 0.29) is 0 Å². The number of nitrogens with zero attached hydrogens (tertiary/aromatic N) is 2. The van der Waals surface area contributed by atoms with Gasteiger partial charge in [0.25, 0.3) is 5.22 Å². The summed E-state index contributed by atoms with van der Waals surface area (Å²) in [5, 5.41) is 8.58. The lowest BCUT2D eigenvalue weighted by Gasteiger charge is -1.99. The predicted molar refractivity (Wildman–Crippen MR) is 66.5 cm³/mol.